The number of carbonyl (C=O) groups is 3. The van der Waals surface area contributed by atoms with E-state index in [1.54, 1.807) is 0 Å². The first kappa shape index (κ1) is 66.9. The van der Waals surface area contributed by atoms with Gasteiger partial charge in [-0.1, -0.05) is 261 Å². The van der Waals surface area contributed by atoms with Gasteiger partial charge in [-0.15, -0.1) is 0 Å². The van der Waals surface area contributed by atoms with Crippen LogP contribution < -0.4 is 0 Å². The number of hydrogen-bond acceptors (Lipinski definition) is 6. The van der Waals surface area contributed by atoms with E-state index in [2.05, 4.69) is 93.7 Å². The van der Waals surface area contributed by atoms with Gasteiger partial charge in [-0.3, -0.25) is 14.4 Å². The molecule has 0 fully saturated rings. The molecule has 0 N–H and O–H groups in total. The summed E-state index contributed by atoms with van der Waals surface area (Å²) in [5, 5.41) is 0. The van der Waals surface area contributed by atoms with Gasteiger partial charge >= 0.3 is 17.9 Å². The second-order valence-corrected chi connectivity index (χ2v) is 19.9. The molecule has 0 heterocycles. The summed E-state index contributed by atoms with van der Waals surface area (Å²) in [6.45, 7) is 6.52. The van der Waals surface area contributed by atoms with E-state index < -0.39 is 6.10 Å². The summed E-state index contributed by atoms with van der Waals surface area (Å²) in [7, 11) is 0. The average Bonchev–Trinajstić information content (AvgIpc) is 3.36. The standard InChI is InChI=1S/C64H112O6/c1-4-7-10-13-16-19-22-25-27-29-31-32-33-35-36-39-42-45-48-51-54-57-63(66)69-60-61(59-68-62(65)56-53-50-47-44-41-38-24-21-18-15-12-9-6-3)70-64(67)58-55-52-49-46-43-40-37-34-30-28-26-23-20-17-14-11-8-5-2/h7,10,16,19,21,24-25,27,31-32,35-36,61H,4-6,8-9,11-15,17-18,20,22-23,26,28-30,33-34,37-60H2,1-3H3/b10-7-,19-16-,24-21-,27-25-,32-31-,36-35-. The molecule has 0 aromatic rings. The third-order valence-corrected chi connectivity index (χ3v) is 12.9. The smallest absolute Gasteiger partial charge is 0.306 e. The molecular weight excluding hydrogens is 865 g/mol. The van der Waals surface area contributed by atoms with Crippen molar-refractivity contribution < 1.29 is 28.6 Å². The van der Waals surface area contributed by atoms with Gasteiger partial charge in [-0.05, 0) is 89.9 Å². The zero-order valence-electron chi connectivity index (χ0n) is 46.3. The number of ether oxygens (including phenoxy) is 3. The quantitative estimate of drug-likeness (QED) is 0.0261. The van der Waals surface area contributed by atoms with Crippen LogP contribution in [0.25, 0.3) is 0 Å². The highest BCUT2D eigenvalue weighted by molar-refractivity contribution is 5.71. The second kappa shape index (κ2) is 58.4. The van der Waals surface area contributed by atoms with E-state index in [0.717, 1.165) is 116 Å². The first-order valence-corrected chi connectivity index (χ1v) is 29.9. The van der Waals surface area contributed by atoms with Crippen molar-refractivity contribution in [3.05, 3.63) is 72.9 Å². The maximum atomic E-state index is 12.9. The van der Waals surface area contributed by atoms with E-state index in [4.69, 9.17) is 14.2 Å². The maximum Gasteiger partial charge on any atom is 0.306 e. The Morgan fingerprint density at radius 2 is 0.557 bits per heavy atom. The van der Waals surface area contributed by atoms with Crippen molar-refractivity contribution in [2.75, 3.05) is 13.2 Å². The molecule has 0 saturated heterocycles. The van der Waals surface area contributed by atoms with Crippen molar-refractivity contribution in [3.63, 3.8) is 0 Å². The third kappa shape index (κ3) is 55.8. The van der Waals surface area contributed by atoms with Crippen LogP contribution in [0.15, 0.2) is 72.9 Å². The number of unbranched alkanes of at least 4 members (excludes halogenated alkanes) is 31. The molecule has 6 heteroatoms. The molecule has 1 atom stereocenters. The molecule has 0 spiro atoms. The van der Waals surface area contributed by atoms with Crippen LogP contribution in [-0.2, 0) is 28.6 Å². The van der Waals surface area contributed by atoms with Crippen LogP contribution in [-0.4, -0.2) is 37.2 Å². The predicted octanol–water partition coefficient (Wildman–Crippen LogP) is 20.2. The summed E-state index contributed by atoms with van der Waals surface area (Å²) in [6.07, 6.45) is 74.6. The van der Waals surface area contributed by atoms with Crippen LogP contribution >= 0.6 is 0 Å². The van der Waals surface area contributed by atoms with Gasteiger partial charge < -0.3 is 14.2 Å². The zero-order chi connectivity index (χ0) is 50.7. The molecule has 1 unspecified atom stereocenters. The summed E-state index contributed by atoms with van der Waals surface area (Å²) in [5.74, 6) is -0.898. The largest absolute Gasteiger partial charge is 0.462 e. The minimum atomic E-state index is -0.786. The molecular formula is C64H112O6. The summed E-state index contributed by atoms with van der Waals surface area (Å²) in [5.41, 5.74) is 0. The lowest BCUT2D eigenvalue weighted by Gasteiger charge is -2.18. The highest BCUT2D eigenvalue weighted by atomic mass is 16.6. The van der Waals surface area contributed by atoms with Crippen molar-refractivity contribution in [2.45, 2.75) is 303 Å². The topological polar surface area (TPSA) is 78.9 Å². The average molecular weight is 978 g/mol. The molecule has 0 bridgehead atoms. The highest BCUT2D eigenvalue weighted by Gasteiger charge is 2.19. The lowest BCUT2D eigenvalue weighted by Crippen LogP contribution is -2.30. The van der Waals surface area contributed by atoms with Gasteiger partial charge in [0.05, 0.1) is 0 Å². The van der Waals surface area contributed by atoms with Crippen molar-refractivity contribution in [1.82, 2.24) is 0 Å². The number of allylic oxidation sites excluding steroid dienone is 12. The van der Waals surface area contributed by atoms with E-state index in [-0.39, 0.29) is 31.1 Å². The van der Waals surface area contributed by atoms with Crippen LogP contribution in [0.4, 0.5) is 0 Å². The van der Waals surface area contributed by atoms with Crippen molar-refractivity contribution in [2.24, 2.45) is 0 Å². The third-order valence-electron chi connectivity index (χ3n) is 12.9. The normalized spacial score (nSPS) is 12.6. The lowest BCUT2D eigenvalue weighted by atomic mass is 10.0. The predicted molar refractivity (Wildman–Crippen MR) is 302 cm³/mol. The molecule has 0 aliphatic rings. The fourth-order valence-corrected chi connectivity index (χ4v) is 8.47. The van der Waals surface area contributed by atoms with Gasteiger partial charge in [-0.25, -0.2) is 0 Å². The fraction of sp³-hybridized carbons (Fsp3) is 0.766. The van der Waals surface area contributed by atoms with Crippen LogP contribution in [0, 0.1) is 0 Å². The Bertz CT molecular complexity index is 1310. The van der Waals surface area contributed by atoms with Crippen molar-refractivity contribution >= 4 is 17.9 Å². The van der Waals surface area contributed by atoms with Crippen LogP contribution in [0.3, 0.4) is 0 Å². The van der Waals surface area contributed by atoms with E-state index in [1.165, 1.54) is 141 Å². The van der Waals surface area contributed by atoms with E-state index in [0.29, 0.717) is 19.3 Å². The first-order valence-electron chi connectivity index (χ1n) is 29.9. The van der Waals surface area contributed by atoms with E-state index >= 15 is 0 Å². The minimum absolute atomic E-state index is 0.0837. The number of carbonyl (C=O) groups excluding carboxylic acids is 3. The Hall–Kier alpha value is -3.15. The molecule has 0 aromatic heterocycles. The number of esters is 3. The summed E-state index contributed by atoms with van der Waals surface area (Å²) in [6, 6.07) is 0. The number of hydrogen-bond donors (Lipinski definition) is 0. The van der Waals surface area contributed by atoms with Crippen LogP contribution in [0.5, 0.6) is 0 Å². The lowest BCUT2D eigenvalue weighted by molar-refractivity contribution is -0.167. The molecule has 0 radical (unpaired) electrons. The Morgan fingerprint density at radius 3 is 0.900 bits per heavy atom. The Morgan fingerprint density at radius 1 is 0.300 bits per heavy atom. The van der Waals surface area contributed by atoms with Gasteiger partial charge in [0.15, 0.2) is 6.10 Å². The summed E-state index contributed by atoms with van der Waals surface area (Å²) in [4.78, 5) is 38.2. The Balaban J connectivity index is 4.38. The molecule has 6 nitrogen and oxygen atoms in total. The minimum Gasteiger partial charge on any atom is -0.462 e. The van der Waals surface area contributed by atoms with Gasteiger partial charge in [0.2, 0.25) is 0 Å². The van der Waals surface area contributed by atoms with E-state index in [9.17, 15) is 14.4 Å². The molecule has 0 aromatic carbocycles. The monoisotopic (exact) mass is 977 g/mol. The van der Waals surface area contributed by atoms with Gasteiger partial charge in [-0.2, -0.15) is 0 Å². The highest BCUT2D eigenvalue weighted by Crippen LogP contribution is 2.16. The van der Waals surface area contributed by atoms with Crippen LogP contribution in [0.1, 0.15) is 297 Å². The molecule has 0 saturated carbocycles. The molecule has 0 amide bonds. The fourth-order valence-electron chi connectivity index (χ4n) is 8.47. The Labute approximate surface area is 433 Å². The molecule has 0 rings (SSSR count). The van der Waals surface area contributed by atoms with Crippen molar-refractivity contribution in [3.8, 4) is 0 Å². The zero-order valence-corrected chi connectivity index (χ0v) is 46.3. The van der Waals surface area contributed by atoms with Gasteiger partial charge in [0.25, 0.3) is 0 Å². The molecule has 70 heavy (non-hydrogen) atoms. The van der Waals surface area contributed by atoms with Gasteiger partial charge in [0, 0.05) is 19.3 Å². The SMILES string of the molecule is CC/C=C\C/C=C\C/C=C\C/C=C\C/C=C\CCCCCCCC(=O)OCC(COC(=O)CCCCCCC/C=C\CCCCCC)OC(=O)CCCCCCCCCCCCCCCCCCCC. The van der Waals surface area contributed by atoms with Gasteiger partial charge in [0.1, 0.15) is 13.2 Å². The molecule has 404 valence electrons. The summed E-state index contributed by atoms with van der Waals surface area (Å²) >= 11 is 0. The first-order chi connectivity index (χ1) is 34.5. The van der Waals surface area contributed by atoms with E-state index in [1.807, 2.05) is 0 Å². The Kier molecular flexibility index (Phi) is 55.8. The summed E-state index contributed by atoms with van der Waals surface area (Å²) < 4.78 is 16.9. The van der Waals surface area contributed by atoms with Crippen molar-refractivity contribution in [1.29, 1.82) is 0 Å². The maximum absolute atomic E-state index is 12.9. The second-order valence-electron chi connectivity index (χ2n) is 19.9. The molecule has 0 aliphatic heterocycles. The number of rotatable bonds is 54. The van der Waals surface area contributed by atoms with Crippen LogP contribution in [0.2, 0.25) is 0 Å². The molecule has 0 aliphatic carbocycles.